The predicted molar refractivity (Wildman–Crippen MR) is 82.6 cm³/mol. The van der Waals surface area contributed by atoms with E-state index in [1.165, 1.54) is 19.2 Å². The molecule has 2 rings (SSSR count). The molecule has 2 nitrogen and oxygen atoms in total. The van der Waals surface area contributed by atoms with Crippen molar-refractivity contribution < 1.29 is 13.2 Å². The lowest BCUT2D eigenvalue weighted by Crippen LogP contribution is -2.07. The summed E-state index contributed by atoms with van der Waals surface area (Å²) in [6, 6.07) is 5.80. The first kappa shape index (κ1) is 16.5. The van der Waals surface area contributed by atoms with E-state index in [0.29, 0.717) is 20.2 Å². The Morgan fingerprint density at radius 3 is 2.67 bits per heavy atom. The van der Waals surface area contributed by atoms with Crippen molar-refractivity contribution in [2.45, 2.75) is 18.0 Å². The van der Waals surface area contributed by atoms with Gasteiger partial charge in [-0.25, -0.2) is 4.98 Å². The summed E-state index contributed by atoms with van der Waals surface area (Å²) in [6.07, 6.45) is -2.89. The molecule has 112 valence electrons. The Morgan fingerprint density at radius 1 is 1.29 bits per heavy atom. The third-order valence-electron chi connectivity index (χ3n) is 2.60. The molecule has 1 N–H and O–H groups in total. The summed E-state index contributed by atoms with van der Waals surface area (Å²) in [7, 11) is 0. The van der Waals surface area contributed by atoms with Gasteiger partial charge in [0.1, 0.15) is 4.60 Å². The number of aromatic nitrogens is 1. The minimum atomic E-state index is -4.36. The monoisotopic (exact) mass is 396 g/mol. The molecule has 0 atom stereocenters. The predicted octanol–water partition coefficient (Wildman–Crippen LogP) is 5.94. The average Bonchev–Trinajstić information content (AvgIpc) is 2.40. The van der Waals surface area contributed by atoms with E-state index in [-0.39, 0.29) is 5.56 Å². The van der Waals surface area contributed by atoms with E-state index in [1.54, 1.807) is 12.1 Å². The summed E-state index contributed by atoms with van der Waals surface area (Å²) in [5, 5.41) is 0.432. The van der Waals surface area contributed by atoms with E-state index >= 15 is 0 Å². The molecule has 1 aromatic heterocycles. The van der Waals surface area contributed by atoms with Gasteiger partial charge in [0.2, 0.25) is 0 Å². The Balaban J connectivity index is 2.19. The quantitative estimate of drug-likeness (QED) is 0.512. The maximum atomic E-state index is 12.8. The molecule has 2 aromatic rings. The largest absolute Gasteiger partial charge is 0.416 e. The number of nitrogens with zero attached hydrogens (tertiary/aromatic N) is 1. The van der Waals surface area contributed by atoms with Crippen LogP contribution in [-0.4, -0.2) is 4.98 Å². The minimum absolute atomic E-state index is 0.192. The topological polar surface area (TPSA) is 24.9 Å². The highest BCUT2D eigenvalue weighted by molar-refractivity contribution is 9.10. The SMILES string of the molecule is Cc1ccc(SNc2cc(Cl)cnc2Br)cc1C(F)(F)F. The molecule has 0 fully saturated rings. The number of hydrogen-bond acceptors (Lipinski definition) is 3. The summed E-state index contributed by atoms with van der Waals surface area (Å²) in [4.78, 5) is 4.44. The van der Waals surface area contributed by atoms with Crippen molar-refractivity contribution in [1.29, 1.82) is 0 Å². The highest BCUT2D eigenvalue weighted by atomic mass is 79.9. The van der Waals surface area contributed by atoms with Crippen LogP contribution in [0.1, 0.15) is 11.1 Å². The fraction of sp³-hybridized carbons (Fsp3) is 0.154. The van der Waals surface area contributed by atoms with Gasteiger partial charge in [0.15, 0.2) is 0 Å². The van der Waals surface area contributed by atoms with E-state index in [2.05, 4.69) is 25.6 Å². The molecule has 8 heteroatoms. The first-order valence-electron chi connectivity index (χ1n) is 5.69. The zero-order chi connectivity index (χ0) is 15.6. The van der Waals surface area contributed by atoms with Crippen molar-refractivity contribution in [3.8, 4) is 0 Å². The van der Waals surface area contributed by atoms with Gasteiger partial charge in [-0.2, -0.15) is 13.2 Å². The first-order valence-corrected chi connectivity index (χ1v) is 7.68. The smallest absolute Gasteiger partial charge is 0.323 e. The van der Waals surface area contributed by atoms with Gasteiger partial charge in [-0.3, -0.25) is 0 Å². The Labute approximate surface area is 137 Å². The number of rotatable bonds is 3. The van der Waals surface area contributed by atoms with Crippen molar-refractivity contribution in [2.75, 3.05) is 4.72 Å². The second kappa shape index (κ2) is 6.46. The summed E-state index contributed by atoms with van der Waals surface area (Å²) < 4.78 is 42.0. The summed E-state index contributed by atoms with van der Waals surface area (Å²) in [5.74, 6) is 0. The van der Waals surface area contributed by atoms with E-state index < -0.39 is 11.7 Å². The maximum absolute atomic E-state index is 12.8. The van der Waals surface area contributed by atoms with E-state index in [4.69, 9.17) is 11.6 Å². The van der Waals surface area contributed by atoms with Crippen molar-refractivity contribution in [2.24, 2.45) is 0 Å². The number of halogens is 5. The molecule has 0 aliphatic heterocycles. The lowest BCUT2D eigenvalue weighted by molar-refractivity contribution is -0.138. The highest BCUT2D eigenvalue weighted by Crippen LogP contribution is 2.35. The second-order valence-corrected chi connectivity index (χ2v) is 6.24. The molecular weight excluding hydrogens is 389 g/mol. The Bertz CT molecular complexity index is 664. The van der Waals surface area contributed by atoms with Crippen molar-refractivity contribution in [3.05, 3.63) is 51.2 Å². The third-order valence-corrected chi connectivity index (χ3v) is 4.25. The number of nitrogens with one attached hydrogen (secondary N) is 1. The molecular formula is C13H9BrClF3N2S. The average molecular weight is 398 g/mol. The zero-order valence-corrected chi connectivity index (χ0v) is 13.8. The molecule has 0 bridgehead atoms. The van der Waals surface area contributed by atoms with Crippen LogP contribution >= 0.6 is 39.5 Å². The van der Waals surface area contributed by atoms with Crippen LogP contribution in [0.5, 0.6) is 0 Å². The Hall–Kier alpha value is -0.920. The van der Waals surface area contributed by atoms with Gasteiger partial charge in [-0.05, 0) is 58.6 Å². The van der Waals surface area contributed by atoms with Crippen LogP contribution in [0.3, 0.4) is 0 Å². The molecule has 0 aliphatic carbocycles. The molecule has 0 spiro atoms. The summed E-state index contributed by atoms with van der Waals surface area (Å²) >= 11 is 10.1. The standard InChI is InChI=1S/C13H9BrClF3N2S/c1-7-2-3-9(5-10(7)13(16,17)18)21-20-11-4-8(15)6-19-12(11)14/h2-6,20H,1H3. The second-order valence-electron chi connectivity index (χ2n) is 4.17. The Morgan fingerprint density at radius 2 is 2.00 bits per heavy atom. The maximum Gasteiger partial charge on any atom is 0.416 e. The molecule has 0 saturated carbocycles. The first-order chi connectivity index (χ1) is 9.77. The van der Waals surface area contributed by atoms with Crippen molar-refractivity contribution in [1.82, 2.24) is 4.98 Å². The van der Waals surface area contributed by atoms with Gasteiger partial charge in [-0.15, -0.1) is 0 Å². The molecule has 21 heavy (non-hydrogen) atoms. The number of aryl methyl sites for hydroxylation is 1. The van der Waals surface area contributed by atoms with Gasteiger partial charge in [0.05, 0.1) is 16.3 Å². The highest BCUT2D eigenvalue weighted by Gasteiger charge is 2.32. The minimum Gasteiger partial charge on any atom is -0.323 e. The van der Waals surface area contributed by atoms with Gasteiger partial charge in [0.25, 0.3) is 0 Å². The fourth-order valence-corrected chi connectivity index (χ4v) is 2.88. The summed E-state index contributed by atoms with van der Waals surface area (Å²) in [5.41, 5.74) is 0.136. The lowest BCUT2D eigenvalue weighted by Gasteiger charge is -2.12. The van der Waals surface area contributed by atoms with Crippen LogP contribution in [0.25, 0.3) is 0 Å². The van der Waals surface area contributed by atoms with Gasteiger partial charge in [-0.1, -0.05) is 17.7 Å². The third kappa shape index (κ3) is 4.28. The number of benzene rings is 1. The molecule has 0 amide bonds. The van der Waals surface area contributed by atoms with Crippen LogP contribution in [0.4, 0.5) is 18.9 Å². The molecule has 0 aliphatic rings. The van der Waals surface area contributed by atoms with Crippen LogP contribution in [0.15, 0.2) is 40.0 Å². The van der Waals surface area contributed by atoms with E-state index in [0.717, 1.165) is 18.0 Å². The van der Waals surface area contributed by atoms with Crippen LogP contribution in [0.2, 0.25) is 5.02 Å². The fourth-order valence-electron chi connectivity index (χ4n) is 1.58. The van der Waals surface area contributed by atoms with Crippen LogP contribution < -0.4 is 4.72 Å². The summed E-state index contributed by atoms with van der Waals surface area (Å²) in [6.45, 7) is 1.43. The van der Waals surface area contributed by atoms with Crippen molar-refractivity contribution in [3.63, 3.8) is 0 Å². The van der Waals surface area contributed by atoms with Crippen LogP contribution in [-0.2, 0) is 6.18 Å². The number of hydrogen-bond donors (Lipinski definition) is 1. The van der Waals surface area contributed by atoms with E-state index in [9.17, 15) is 13.2 Å². The number of alkyl halides is 3. The van der Waals surface area contributed by atoms with Crippen LogP contribution in [0, 0.1) is 6.92 Å². The van der Waals surface area contributed by atoms with Crippen molar-refractivity contribution >= 4 is 45.2 Å². The molecule has 0 radical (unpaired) electrons. The molecule has 0 saturated heterocycles. The molecule has 1 heterocycles. The number of pyridine rings is 1. The molecule has 1 aromatic carbocycles. The number of anilines is 1. The van der Waals surface area contributed by atoms with Gasteiger partial charge >= 0.3 is 6.18 Å². The normalized spacial score (nSPS) is 11.5. The molecule has 0 unspecified atom stereocenters. The zero-order valence-electron chi connectivity index (χ0n) is 10.6. The van der Waals surface area contributed by atoms with Gasteiger partial charge in [0, 0.05) is 11.1 Å². The Kier molecular flexibility index (Phi) is 5.06. The van der Waals surface area contributed by atoms with E-state index in [1.807, 2.05) is 0 Å². The van der Waals surface area contributed by atoms with Gasteiger partial charge < -0.3 is 4.72 Å². The lowest BCUT2D eigenvalue weighted by atomic mass is 10.1.